The van der Waals surface area contributed by atoms with E-state index in [2.05, 4.69) is 0 Å². The number of halogens is 1. The highest BCUT2D eigenvalue weighted by molar-refractivity contribution is 5.95. The number of benzene rings is 1. The number of fused-ring (bicyclic) bond motifs is 1. The molecule has 0 aliphatic carbocycles. The van der Waals surface area contributed by atoms with E-state index in [1.54, 1.807) is 4.90 Å². The molecule has 1 aromatic carbocycles. The van der Waals surface area contributed by atoms with Crippen LogP contribution in [0.3, 0.4) is 0 Å². The zero-order valence-corrected chi connectivity index (χ0v) is 11.5. The van der Waals surface area contributed by atoms with E-state index in [4.69, 9.17) is 10.5 Å². The van der Waals surface area contributed by atoms with Crippen LogP contribution in [0.15, 0.2) is 18.2 Å². The van der Waals surface area contributed by atoms with E-state index in [-0.39, 0.29) is 24.4 Å². The molecule has 1 amide bonds. The van der Waals surface area contributed by atoms with E-state index in [9.17, 15) is 4.79 Å². The topological polar surface area (TPSA) is 55.6 Å². The number of hydrogen-bond acceptors (Lipinski definition) is 3. The van der Waals surface area contributed by atoms with Crippen molar-refractivity contribution in [2.45, 2.75) is 26.4 Å². The molecule has 1 atom stereocenters. The van der Waals surface area contributed by atoms with Gasteiger partial charge in [0, 0.05) is 13.0 Å². The fourth-order valence-electron chi connectivity index (χ4n) is 2.04. The third-order valence-electron chi connectivity index (χ3n) is 2.83. The predicted octanol–water partition coefficient (Wildman–Crippen LogP) is 1.88. The maximum Gasteiger partial charge on any atom is 0.228 e. The van der Waals surface area contributed by atoms with Crippen LogP contribution in [0.2, 0.25) is 0 Å². The highest BCUT2D eigenvalue weighted by atomic mass is 35.5. The van der Waals surface area contributed by atoms with Crippen LogP contribution >= 0.6 is 12.4 Å². The summed E-state index contributed by atoms with van der Waals surface area (Å²) in [5, 5.41) is 0. The third-order valence-corrected chi connectivity index (χ3v) is 2.83. The van der Waals surface area contributed by atoms with Crippen LogP contribution < -0.4 is 15.4 Å². The van der Waals surface area contributed by atoms with E-state index in [1.165, 1.54) is 0 Å². The largest absolute Gasteiger partial charge is 0.487 e. The standard InChI is InChI=1S/C13H18N2O2.ClH/c1-9-3-4-11-12(7-9)17-10(2)8-15(11)13(16)5-6-14;/h3-4,7,10H,5-6,8,14H2,1-2H3;1H. The second-order valence-electron chi connectivity index (χ2n) is 4.44. The van der Waals surface area contributed by atoms with Gasteiger partial charge < -0.3 is 15.4 Å². The molecule has 0 saturated heterocycles. The molecule has 1 aromatic rings. The summed E-state index contributed by atoms with van der Waals surface area (Å²) in [6.45, 7) is 4.95. The lowest BCUT2D eigenvalue weighted by molar-refractivity contribution is -0.118. The average Bonchev–Trinajstić information content (AvgIpc) is 2.27. The second-order valence-corrected chi connectivity index (χ2v) is 4.44. The number of rotatable bonds is 2. The predicted molar refractivity (Wildman–Crippen MR) is 74.5 cm³/mol. The van der Waals surface area contributed by atoms with Crippen molar-refractivity contribution >= 4 is 24.0 Å². The molecule has 18 heavy (non-hydrogen) atoms. The van der Waals surface area contributed by atoms with E-state index in [1.807, 2.05) is 32.0 Å². The molecule has 0 spiro atoms. The Morgan fingerprint density at radius 3 is 2.94 bits per heavy atom. The van der Waals surface area contributed by atoms with Crippen molar-refractivity contribution in [3.05, 3.63) is 23.8 Å². The minimum Gasteiger partial charge on any atom is -0.487 e. The number of anilines is 1. The first-order chi connectivity index (χ1) is 8.11. The molecular weight excluding hydrogens is 252 g/mol. The van der Waals surface area contributed by atoms with Crippen molar-refractivity contribution in [1.29, 1.82) is 0 Å². The summed E-state index contributed by atoms with van der Waals surface area (Å²) in [5.74, 6) is 0.849. The molecule has 4 nitrogen and oxygen atoms in total. The van der Waals surface area contributed by atoms with Crippen LogP contribution in [0.1, 0.15) is 18.9 Å². The summed E-state index contributed by atoms with van der Waals surface area (Å²) < 4.78 is 5.75. The van der Waals surface area contributed by atoms with Crippen LogP contribution in [-0.2, 0) is 4.79 Å². The van der Waals surface area contributed by atoms with Gasteiger partial charge in [-0.15, -0.1) is 12.4 Å². The summed E-state index contributed by atoms with van der Waals surface area (Å²) in [5.41, 5.74) is 7.42. The number of ether oxygens (including phenoxy) is 1. The van der Waals surface area contributed by atoms with Crippen LogP contribution in [0.25, 0.3) is 0 Å². The minimum atomic E-state index is 0. The van der Waals surface area contributed by atoms with Crippen LogP contribution in [0, 0.1) is 6.92 Å². The quantitative estimate of drug-likeness (QED) is 0.893. The van der Waals surface area contributed by atoms with Gasteiger partial charge in [-0.1, -0.05) is 6.07 Å². The highest BCUT2D eigenvalue weighted by Crippen LogP contribution is 2.34. The van der Waals surface area contributed by atoms with E-state index in [0.29, 0.717) is 19.5 Å². The zero-order chi connectivity index (χ0) is 12.4. The van der Waals surface area contributed by atoms with Gasteiger partial charge in [0.1, 0.15) is 11.9 Å². The first-order valence-corrected chi connectivity index (χ1v) is 5.89. The van der Waals surface area contributed by atoms with Gasteiger partial charge in [0.05, 0.1) is 12.2 Å². The molecule has 2 N–H and O–H groups in total. The smallest absolute Gasteiger partial charge is 0.228 e. The Labute approximate surface area is 114 Å². The molecular formula is C13H19ClN2O2. The fourth-order valence-corrected chi connectivity index (χ4v) is 2.04. The number of carbonyl (C=O) groups excluding carboxylic acids is 1. The average molecular weight is 271 g/mol. The Bertz CT molecular complexity index is 437. The number of amides is 1. The Balaban J connectivity index is 0.00000162. The molecule has 0 bridgehead atoms. The van der Waals surface area contributed by atoms with Crippen molar-refractivity contribution in [3.63, 3.8) is 0 Å². The number of nitrogens with two attached hydrogens (primary N) is 1. The molecule has 0 saturated carbocycles. The normalized spacial score (nSPS) is 17.5. The van der Waals surface area contributed by atoms with Crippen molar-refractivity contribution in [3.8, 4) is 5.75 Å². The number of aryl methyl sites for hydroxylation is 1. The van der Waals surface area contributed by atoms with Gasteiger partial charge >= 0.3 is 0 Å². The van der Waals surface area contributed by atoms with Gasteiger partial charge in [0.2, 0.25) is 5.91 Å². The van der Waals surface area contributed by atoms with Gasteiger partial charge in [-0.2, -0.15) is 0 Å². The molecule has 1 heterocycles. The van der Waals surface area contributed by atoms with E-state index in [0.717, 1.165) is 17.0 Å². The summed E-state index contributed by atoms with van der Waals surface area (Å²) in [6, 6.07) is 5.89. The lowest BCUT2D eigenvalue weighted by Gasteiger charge is -2.33. The maximum atomic E-state index is 12.0. The lowest BCUT2D eigenvalue weighted by atomic mass is 10.1. The van der Waals surface area contributed by atoms with E-state index >= 15 is 0 Å². The van der Waals surface area contributed by atoms with Crippen LogP contribution in [-0.4, -0.2) is 25.1 Å². The molecule has 0 aromatic heterocycles. The molecule has 0 fully saturated rings. The summed E-state index contributed by atoms with van der Waals surface area (Å²) in [4.78, 5) is 13.8. The fraction of sp³-hybridized carbons (Fsp3) is 0.462. The molecule has 0 radical (unpaired) electrons. The third kappa shape index (κ3) is 2.94. The lowest BCUT2D eigenvalue weighted by Crippen LogP contribution is -2.42. The molecule has 100 valence electrons. The zero-order valence-electron chi connectivity index (χ0n) is 10.7. The van der Waals surface area contributed by atoms with Gasteiger partial charge in [-0.3, -0.25) is 4.79 Å². The van der Waals surface area contributed by atoms with Crippen molar-refractivity contribution in [2.24, 2.45) is 5.73 Å². The summed E-state index contributed by atoms with van der Waals surface area (Å²) >= 11 is 0. The first kappa shape index (κ1) is 14.8. The molecule has 2 rings (SSSR count). The Hall–Kier alpha value is -1.26. The SMILES string of the molecule is Cc1ccc2c(c1)OC(C)CN2C(=O)CCN.Cl. The first-order valence-electron chi connectivity index (χ1n) is 5.89. The molecule has 1 aliphatic heterocycles. The minimum absolute atomic E-state index is 0. The monoisotopic (exact) mass is 270 g/mol. The van der Waals surface area contributed by atoms with Gasteiger partial charge in [-0.25, -0.2) is 0 Å². The van der Waals surface area contributed by atoms with Gasteiger partial charge in [0.15, 0.2) is 0 Å². The van der Waals surface area contributed by atoms with Crippen LogP contribution in [0.5, 0.6) is 5.75 Å². The highest BCUT2D eigenvalue weighted by Gasteiger charge is 2.26. The van der Waals surface area contributed by atoms with Gasteiger partial charge in [-0.05, 0) is 31.5 Å². The van der Waals surface area contributed by atoms with Crippen molar-refractivity contribution in [1.82, 2.24) is 0 Å². The van der Waals surface area contributed by atoms with Crippen molar-refractivity contribution < 1.29 is 9.53 Å². The second kappa shape index (κ2) is 6.07. The van der Waals surface area contributed by atoms with Gasteiger partial charge in [0.25, 0.3) is 0 Å². The Morgan fingerprint density at radius 1 is 1.56 bits per heavy atom. The molecule has 1 unspecified atom stereocenters. The number of hydrogen-bond donors (Lipinski definition) is 1. The Morgan fingerprint density at radius 2 is 2.28 bits per heavy atom. The summed E-state index contributed by atoms with van der Waals surface area (Å²) in [6.07, 6.45) is 0.395. The summed E-state index contributed by atoms with van der Waals surface area (Å²) in [7, 11) is 0. The number of nitrogens with zero attached hydrogens (tertiary/aromatic N) is 1. The maximum absolute atomic E-state index is 12.0. The van der Waals surface area contributed by atoms with Crippen LogP contribution in [0.4, 0.5) is 5.69 Å². The molecule has 5 heteroatoms. The molecule has 1 aliphatic rings. The Kier molecular flexibility index (Phi) is 4.99. The van der Waals surface area contributed by atoms with E-state index < -0.39 is 0 Å². The number of carbonyl (C=O) groups is 1. The van der Waals surface area contributed by atoms with Crippen molar-refractivity contribution in [2.75, 3.05) is 18.0 Å².